The first-order chi connectivity index (χ1) is 14.3. The highest BCUT2D eigenvalue weighted by Crippen LogP contribution is 2.27. The van der Waals surface area contributed by atoms with Gasteiger partial charge in [-0.15, -0.1) is 11.3 Å². The molecule has 0 spiro atoms. The van der Waals surface area contributed by atoms with E-state index < -0.39 is 10.0 Å². The number of benzene rings is 1. The molecular weight excluding hydrogens is 425 g/mol. The van der Waals surface area contributed by atoms with Gasteiger partial charge >= 0.3 is 0 Å². The van der Waals surface area contributed by atoms with Crippen molar-refractivity contribution >= 4 is 33.0 Å². The Morgan fingerprint density at radius 3 is 2.50 bits per heavy atom. The van der Waals surface area contributed by atoms with E-state index in [1.54, 1.807) is 17.0 Å². The van der Waals surface area contributed by atoms with Crippen molar-refractivity contribution in [3.05, 3.63) is 46.2 Å². The van der Waals surface area contributed by atoms with Gasteiger partial charge in [-0.25, -0.2) is 22.1 Å². The number of hydrogen-bond acceptors (Lipinski definition) is 5. The van der Waals surface area contributed by atoms with Gasteiger partial charge in [-0.05, 0) is 50.5 Å². The van der Waals surface area contributed by atoms with Crippen molar-refractivity contribution in [2.75, 3.05) is 23.7 Å². The molecule has 3 rings (SSSR count). The molecule has 0 radical (unpaired) electrons. The van der Waals surface area contributed by atoms with Gasteiger partial charge in [0.1, 0.15) is 5.82 Å². The number of rotatable bonds is 8. The molecule has 30 heavy (non-hydrogen) atoms. The Labute approximate surface area is 181 Å². The second-order valence-corrected chi connectivity index (χ2v) is 10.8. The standard InChI is InChI=1S/C21H28FN3O3S2/c1-3-4-13-30(27,28)24-11-9-17(10-12-24)21(26)25(14-19-15-29-16(2)23-19)20-7-5-18(22)6-8-20/h5-8,15,17H,3-4,9-14H2,1-2H3. The first-order valence-corrected chi connectivity index (χ1v) is 12.7. The van der Waals surface area contributed by atoms with Crippen molar-refractivity contribution in [3.8, 4) is 0 Å². The minimum Gasteiger partial charge on any atom is -0.306 e. The lowest BCUT2D eigenvalue weighted by Crippen LogP contribution is -2.45. The van der Waals surface area contributed by atoms with Crippen LogP contribution in [0.15, 0.2) is 29.6 Å². The molecule has 0 unspecified atom stereocenters. The van der Waals surface area contributed by atoms with Gasteiger partial charge in [0.25, 0.3) is 0 Å². The third-order valence-corrected chi connectivity index (χ3v) is 8.12. The van der Waals surface area contributed by atoms with Crippen molar-refractivity contribution < 1.29 is 17.6 Å². The maximum atomic E-state index is 13.4. The number of piperidine rings is 1. The largest absolute Gasteiger partial charge is 0.306 e. The summed E-state index contributed by atoms with van der Waals surface area (Å²) in [6, 6.07) is 5.86. The number of carbonyl (C=O) groups is 1. The molecule has 1 aromatic carbocycles. The van der Waals surface area contributed by atoms with Crippen LogP contribution in [0.25, 0.3) is 0 Å². The number of hydrogen-bond donors (Lipinski definition) is 0. The van der Waals surface area contributed by atoms with E-state index in [0.29, 0.717) is 44.6 Å². The minimum atomic E-state index is -3.26. The lowest BCUT2D eigenvalue weighted by atomic mass is 9.96. The van der Waals surface area contributed by atoms with Crippen molar-refractivity contribution in [2.45, 2.75) is 46.1 Å². The predicted octanol–water partition coefficient (Wildman–Crippen LogP) is 3.97. The van der Waals surface area contributed by atoms with Crippen molar-refractivity contribution in [1.82, 2.24) is 9.29 Å². The second kappa shape index (κ2) is 9.98. The number of nitrogens with zero attached hydrogens (tertiary/aromatic N) is 3. The van der Waals surface area contributed by atoms with Gasteiger partial charge in [-0.3, -0.25) is 4.79 Å². The zero-order chi connectivity index (χ0) is 21.7. The van der Waals surface area contributed by atoms with Crippen LogP contribution >= 0.6 is 11.3 Å². The van der Waals surface area contributed by atoms with Crippen LogP contribution in [0.5, 0.6) is 0 Å². The number of anilines is 1. The zero-order valence-corrected chi connectivity index (χ0v) is 19.0. The highest BCUT2D eigenvalue weighted by molar-refractivity contribution is 7.89. The summed E-state index contributed by atoms with van der Waals surface area (Å²) in [6.45, 7) is 4.90. The molecular formula is C21H28FN3O3S2. The van der Waals surface area contributed by atoms with Gasteiger partial charge in [0.05, 0.1) is 23.0 Å². The summed E-state index contributed by atoms with van der Waals surface area (Å²) in [5.74, 6) is -0.543. The fraction of sp³-hybridized carbons (Fsp3) is 0.524. The molecule has 2 aromatic rings. The van der Waals surface area contributed by atoms with Crippen LogP contribution in [0.4, 0.5) is 10.1 Å². The Kier molecular flexibility index (Phi) is 7.60. The Morgan fingerprint density at radius 1 is 1.27 bits per heavy atom. The lowest BCUT2D eigenvalue weighted by molar-refractivity contribution is -0.123. The molecule has 0 atom stereocenters. The van der Waals surface area contributed by atoms with Crippen LogP contribution in [0, 0.1) is 18.7 Å². The molecule has 1 amide bonds. The number of carbonyl (C=O) groups excluding carboxylic acids is 1. The fourth-order valence-electron chi connectivity index (χ4n) is 3.62. The zero-order valence-electron chi connectivity index (χ0n) is 17.4. The predicted molar refractivity (Wildman–Crippen MR) is 117 cm³/mol. The molecule has 1 fully saturated rings. The number of aromatic nitrogens is 1. The van der Waals surface area contributed by atoms with E-state index in [0.717, 1.165) is 17.1 Å². The third kappa shape index (κ3) is 5.65. The average molecular weight is 454 g/mol. The van der Waals surface area contributed by atoms with Crippen LogP contribution in [0.3, 0.4) is 0 Å². The summed E-state index contributed by atoms with van der Waals surface area (Å²) < 4.78 is 39.8. The van der Waals surface area contributed by atoms with Crippen LogP contribution in [0.2, 0.25) is 0 Å². The van der Waals surface area contributed by atoms with Gasteiger partial charge in [0.2, 0.25) is 15.9 Å². The van der Waals surface area contributed by atoms with E-state index >= 15 is 0 Å². The highest BCUT2D eigenvalue weighted by atomic mass is 32.2. The summed E-state index contributed by atoms with van der Waals surface area (Å²) >= 11 is 1.52. The number of sulfonamides is 1. The van der Waals surface area contributed by atoms with E-state index in [9.17, 15) is 17.6 Å². The van der Waals surface area contributed by atoms with E-state index in [2.05, 4.69) is 4.98 Å². The lowest BCUT2D eigenvalue weighted by Gasteiger charge is -2.33. The quantitative estimate of drug-likeness (QED) is 0.607. The van der Waals surface area contributed by atoms with Crippen LogP contribution < -0.4 is 4.90 Å². The Balaban J connectivity index is 1.73. The first-order valence-electron chi connectivity index (χ1n) is 10.3. The van der Waals surface area contributed by atoms with E-state index in [1.807, 2.05) is 19.2 Å². The summed E-state index contributed by atoms with van der Waals surface area (Å²) in [7, 11) is -3.26. The molecule has 1 saturated heterocycles. The summed E-state index contributed by atoms with van der Waals surface area (Å²) in [5, 5.41) is 2.84. The maximum Gasteiger partial charge on any atom is 0.230 e. The van der Waals surface area contributed by atoms with Crippen LogP contribution in [-0.2, 0) is 21.4 Å². The average Bonchev–Trinajstić information content (AvgIpc) is 3.16. The van der Waals surface area contributed by atoms with Gasteiger partial charge in [-0.2, -0.15) is 0 Å². The molecule has 0 bridgehead atoms. The Hall–Kier alpha value is -1.84. The summed E-state index contributed by atoms with van der Waals surface area (Å²) in [4.78, 5) is 19.5. The molecule has 1 aliphatic rings. The number of halogens is 1. The van der Waals surface area contributed by atoms with Gasteiger partial charge in [-0.1, -0.05) is 13.3 Å². The monoisotopic (exact) mass is 453 g/mol. The fourth-order valence-corrected chi connectivity index (χ4v) is 5.90. The van der Waals surface area contributed by atoms with Crippen molar-refractivity contribution in [3.63, 3.8) is 0 Å². The molecule has 0 N–H and O–H groups in total. The van der Waals surface area contributed by atoms with E-state index in [1.165, 1.54) is 27.8 Å². The molecule has 1 aliphatic heterocycles. The molecule has 164 valence electrons. The van der Waals surface area contributed by atoms with Gasteiger partial charge in [0, 0.05) is 30.1 Å². The van der Waals surface area contributed by atoms with E-state index in [4.69, 9.17) is 0 Å². The number of aryl methyl sites for hydroxylation is 1. The molecule has 1 aromatic heterocycles. The number of thiazole rings is 1. The molecule has 0 saturated carbocycles. The van der Waals surface area contributed by atoms with Crippen LogP contribution in [-0.4, -0.2) is 42.5 Å². The number of unbranched alkanes of at least 4 members (excludes halogenated alkanes) is 1. The van der Waals surface area contributed by atoms with Crippen molar-refractivity contribution in [1.29, 1.82) is 0 Å². The van der Waals surface area contributed by atoms with Crippen LogP contribution in [0.1, 0.15) is 43.3 Å². The van der Waals surface area contributed by atoms with Gasteiger partial charge < -0.3 is 4.90 Å². The van der Waals surface area contributed by atoms with Gasteiger partial charge in [0.15, 0.2) is 0 Å². The normalized spacial score (nSPS) is 16.0. The molecule has 6 nitrogen and oxygen atoms in total. The Bertz CT molecular complexity index is 952. The van der Waals surface area contributed by atoms with E-state index in [-0.39, 0.29) is 23.4 Å². The topological polar surface area (TPSA) is 70.6 Å². The summed E-state index contributed by atoms with van der Waals surface area (Å²) in [5.41, 5.74) is 1.40. The minimum absolute atomic E-state index is 0.0714. The van der Waals surface area contributed by atoms with Crippen molar-refractivity contribution in [2.24, 2.45) is 5.92 Å². The molecule has 9 heteroatoms. The third-order valence-electron chi connectivity index (χ3n) is 5.34. The highest BCUT2D eigenvalue weighted by Gasteiger charge is 2.33. The SMILES string of the molecule is CCCCS(=O)(=O)N1CCC(C(=O)N(Cc2csc(C)n2)c2ccc(F)cc2)CC1. The maximum absolute atomic E-state index is 13.4. The Morgan fingerprint density at radius 2 is 1.93 bits per heavy atom. The number of amides is 1. The summed E-state index contributed by atoms with van der Waals surface area (Å²) in [6.07, 6.45) is 2.44. The smallest absolute Gasteiger partial charge is 0.230 e. The second-order valence-electron chi connectivity index (χ2n) is 7.60. The molecule has 0 aliphatic carbocycles. The first kappa shape index (κ1) is 22.8. The molecule has 2 heterocycles.